The summed E-state index contributed by atoms with van der Waals surface area (Å²) in [4.78, 5) is 16.1. The number of ether oxygens (including phenoxy) is 1. The van der Waals surface area contributed by atoms with Crippen molar-refractivity contribution in [3.63, 3.8) is 0 Å². The van der Waals surface area contributed by atoms with E-state index in [-0.39, 0.29) is 5.82 Å². The largest absolute Gasteiger partial charge is 0.384 e. The first kappa shape index (κ1) is 21.5. The Morgan fingerprint density at radius 3 is 2.61 bits per heavy atom. The Morgan fingerprint density at radius 1 is 1.03 bits per heavy atom. The van der Waals surface area contributed by atoms with Gasteiger partial charge in [0.05, 0.1) is 6.61 Å². The van der Waals surface area contributed by atoms with Gasteiger partial charge in [-0.05, 0) is 55.1 Å². The molecule has 1 saturated heterocycles. The molecule has 1 atom stereocenters. The average Bonchev–Trinajstić information content (AvgIpc) is 2.79. The van der Waals surface area contributed by atoms with Gasteiger partial charge in [-0.3, -0.25) is 9.88 Å². The van der Waals surface area contributed by atoms with Gasteiger partial charge in [-0.1, -0.05) is 18.2 Å². The third kappa shape index (κ3) is 6.15. The minimum Gasteiger partial charge on any atom is -0.384 e. The molecule has 1 aliphatic rings. The van der Waals surface area contributed by atoms with E-state index in [0.29, 0.717) is 18.9 Å². The van der Waals surface area contributed by atoms with Crippen LogP contribution in [0.15, 0.2) is 55.0 Å². The molecule has 0 N–H and O–H groups in total. The van der Waals surface area contributed by atoms with Crippen LogP contribution in [0, 0.1) is 5.82 Å². The summed E-state index contributed by atoms with van der Waals surface area (Å²) in [5.41, 5.74) is 4.35. The van der Waals surface area contributed by atoms with Crippen LogP contribution < -0.4 is 0 Å². The molecule has 31 heavy (non-hydrogen) atoms. The topological polar surface area (TPSA) is 51.1 Å². The molecule has 1 aliphatic heterocycles. The van der Waals surface area contributed by atoms with Crippen LogP contribution in [-0.2, 0) is 24.1 Å². The Morgan fingerprint density at radius 2 is 1.87 bits per heavy atom. The molecule has 6 heteroatoms. The van der Waals surface area contributed by atoms with Crippen LogP contribution in [0.5, 0.6) is 0 Å². The average molecular weight is 421 g/mol. The van der Waals surface area contributed by atoms with E-state index in [4.69, 9.17) is 9.72 Å². The van der Waals surface area contributed by atoms with Gasteiger partial charge in [-0.2, -0.15) is 0 Å². The van der Waals surface area contributed by atoms with Crippen molar-refractivity contribution in [1.29, 1.82) is 0 Å². The lowest BCUT2D eigenvalue weighted by Crippen LogP contribution is -2.34. The van der Waals surface area contributed by atoms with Crippen molar-refractivity contribution in [3.05, 3.63) is 89.0 Å². The molecule has 5 nitrogen and oxygen atoms in total. The molecule has 162 valence electrons. The summed E-state index contributed by atoms with van der Waals surface area (Å²) in [5, 5.41) is 0. The minimum atomic E-state index is -0.195. The van der Waals surface area contributed by atoms with Crippen LogP contribution in [-0.4, -0.2) is 46.7 Å². The molecule has 1 unspecified atom stereocenters. The number of aromatic nitrogens is 3. The maximum Gasteiger partial charge on any atom is 0.130 e. The number of halogens is 1. The van der Waals surface area contributed by atoms with Crippen LogP contribution in [0.1, 0.15) is 47.0 Å². The summed E-state index contributed by atoms with van der Waals surface area (Å²) in [7, 11) is 1.69. The van der Waals surface area contributed by atoms with E-state index in [0.717, 1.165) is 67.1 Å². The van der Waals surface area contributed by atoms with Gasteiger partial charge in [-0.25, -0.2) is 14.4 Å². The number of methoxy groups -OCH3 is 1. The first-order valence-corrected chi connectivity index (χ1v) is 10.9. The predicted molar refractivity (Wildman–Crippen MR) is 118 cm³/mol. The summed E-state index contributed by atoms with van der Waals surface area (Å²) in [6.07, 6.45) is 9.54. The highest BCUT2D eigenvalue weighted by molar-refractivity contribution is 5.26. The molecular weight excluding hydrogens is 391 g/mol. The summed E-state index contributed by atoms with van der Waals surface area (Å²) in [6, 6.07) is 11.0. The Labute approximate surface area is 183 Å². The van der Waals surface area contributed by atoms with Gasteiger partial charge >= 0.3 is 0 Å². The van der Waals surface area contributed by atoms with Crippen LogP contribution in [0.25, 0.3) is 0 Å². The molecule has 4 rings (SSSR count). The molecule has 0 aliphatic carbocycles. The number of likely N-dealkylation sites (tertiary alicyclic amines) is 1. The molecule has 3 heterocycles. The van der Waals surface area contributed by atoms with Gasteiger partial charge in [0.1, 0.15) is 11.6 Å². The third-order valence-corrected chi connectivity index (χ3v) is 5.76. The van der Waals surface area contributed by atoms with Crippen molar-refractivity contribution in [2.45, 2.75) is 38.1 Å². The number of hydrogen-bond donors (Lipinski definition) is 0. The van der Waals surface area contributed by atoms with Crippen molar-refractivity contribution in [2.24, 2.45) is 0 Å². The van der Waals surface area contributed by atoms with E-state index in [1.165, 1.54) is 6.07 Å². The van der Waals surface area contributed by atoms with Gasteiger partial charge in [0.25, 0.3) is 0 Å². The molecule has 0 saturated carbocycles. The third-order valence-electron chi connectivity index (χ3n) is 5.76. The highest BCUT2D eigenvalue weighted by Gasteiger charge is 2.22. The maximum atomic E-state index is 13.4. The fourth-order valence-corrected chi connectivity index (χ4v) is 4.15. The zero-order chi connectivity index (χ0) is 21.5. The summed E-state index contributed by atoms with van der Waals surface area (Å²) in [6.45, 7) is 3.57. The molecule has 1 fully saturated rings. The maximum absolute atomic E-state index is 13.4. The lowest BCUT2D eigenvalue weighted by Gasteiger charge is -2.32. The lowest BCUT2D eigenvalue weighted by atomic mass is 9.93. The van der Waals surface area contributed by atoms with Crippen LogP contribution in [0.2, 0.25) is 0 Å². The zero-order valence-corrected chi connectivity index (χ0v) is 18.0. The first-order chi connectivity index (χ1) is 15.2. The van der Waals surface area contributed by atoms with Crippen LogP contribution in [0.4, 0.5) is 4.39 Å². The lowest BCUT2D eigenvalue weighted by molar-refractivity contribution is 0.197. The van der Waals surface area contributed by atoms with Gasteiger partial charge in [0, 0.05) is 62.4 Å². The molecule has 0 radical (unpaired) electrons. The monoisotopic (exact) mass is 420 g/mol. The van der Waals surface area contributed by atoms with Crippen molar-refractivity contribution in [1.82, 2.24) is 19.9 Å². The quantitative estimate of drug-likeness (QED) is 0.547. The van der Waals surface area contributed by atoms with Crippen LogP contribution >= 0.6 is 0 Å². The van der Waals surface area contributed by atoms with E-state index >= 15 is 0 Å². The predicted octanol–water partition coefficient (Wildman–Crippen LogP) is 4.17. The summed E-state index contributed by atoms with van der Waals surface area (Å²) in [5.74, 6) is 1.06. The number of pyridine rings is 1. The van der Waals surface area contributed by atoms with Gasteiger partial charge < -0.3 is 4.74 Å². The Kier molecular flexibility index (Phi) is 7.33. The Bertz CT molecular complexity index is 962. The van der Waals surface area contributed by atoms with Crippen molar-refractivity contribution in [2.75, 3.05) is 26.8 Å². The molecule has 3 aromatic rings. The minimum absolute atomic E-state index is 0.195. The fourth-order valence-electron chi connectivity index (χ4n) is 4.15. The van der Waals surface area contributed by atoms with E-state index < -0.39 is 0 Å². The Hall–Kier alpha value is -2.70. The van der Waals surface area contributed by atoms with E-state index in [1.807, 2.05) is 24.7 Å². The SMILES string of the molecule is COCCc1ncc(CN2CCCC(c3ccc(Cc4cccc(F)c4)cn3)C2)cn1. The number of hydrogen-bond acceptors (Lipinski definition) is 5. The smallest absolute Gasteiger partial charge is 0.130 e. The van der Waals surface area contributed by atoms with E-state index in [2.05, 4.69) is 27.0 Å². The van der Waals surface area contributed by atoms with Gasteiger partial charge in [0.15, 0.2) is 0 Å². The first-order valence-electron chi connectivity index (χ1n) is 10.9. The second kappa shape index (κ2) is 10.6. The second-order valence-electron chi connectivity index (χ2n) is 8.22. The number of rotatable bonds is 8. The summed E-state index contributed by atoms with van der Waals surface area (Å²) < 4.78 is 18.5. The van der Waals surface area contributed by atoms with Crippen molar-refractivity contribution < 1.29 is 9.13 Å². The van der Waals surface area contributed by atoms with E-state index in [9.17, 15) is 4.39 Å². The van der Waals surface area contributed by atoms with E-state index in [1.54, 1.807) is 19.2 Å². The molecule has 0 amide bonds. The standard InChI is InChI=1S/C25H29FN4O/c1-31-11-9-25-28-15-21(16-29-25)17-30-10-3-5-22(18-30)24-8-7-20(14-27-24)12-19-4-2-6-23(26)13-19/h2,4,6-8,13-16,22H,3,5,9-12,17-18H2,1H3. The number of piperidine rings is 1. The van der Waals surface area contributed by atoms with Gasteiger partial charge in [0.2, 0.25) is 0 Å². The second-order valence-corrected chi connectivity index (χ2v) is 8.22. The highest BCUT2D eigenvalue weighted by Crippen LogP contribution is 2.26. The van der Waals surface area contributed by atoms with Gasteiger partial charge in [-0.15, -0.1) is 0 Å². The normalized spacial score (nSPS) is 17.0. The number of nitrogens with zero attached hydrogens (tertiary/aromatic N) is 4. The zero-order valence-electron chi connectivity index (χ0n) is 18.0. The molecule has 1 aromatic carbocycles. The van der Waals surface area contributed by atoms with Crippen LogP contribution in [0.3, 0.4) is 0 Å². The Balaban J connectivity index is 1.33. The molecule has 2 aromatic heterocycles. The summed E-state index contributed by atoms with van der Waals surface area (Å²) >= 11 is 0. The highest BCUT2D eigenvalue weighted by atomic mass is 19.1. The van der Waals surface area contributed by atoms with Crippen molar-refractivity contribution in [3.8, 4) is 0 Å². The molecule has 0 bridgehead atoms. The molecular formula is C25H29FN4O. The van der Waals surface area contributed by atoms with Crippen molar-refractivity contribution >= 4 is 0 Å². The fraction of sp³-hybridized carbons (Fsp3) is 0.400. The molecule has 0 spiro atoms. The number of benzene rings is 1.